The molecule has 0 bridgehead atoms. The van der Waals surface area contributed by atoms with E-state index in [-0.39, 0.29) is 0 Å². The first kappa shape index (κ1) is 18.3. The van der Waals surface area contributed by atoms with Crippen molar-refractivity contribution in [2.45, 2.75) is 26.8 Å². The van der Waals surface area contributed by atoms with E-state index in [1.807, 2.05) is 6.92 Å². The van der Waals surface area contributed by atoms with Crippen LogP contribution in [0.4, 0.5) is 0 Å². The molecule has 0 fully saturated rings. The summed E-state index contributed by atoms with van der Waals surface area (Å²) in [6, 6.07) is 4.14. The average molecular weight is 359 g/mol. The molecule has 0 aliphatic carbocycles. The third kappa shape index (κ3) is 6.68. The normalized spacial score (nSPS) is 11.0. The summed E-state index contributed by atoms with van der Waals surface area (Å²) in [5.74, 6) is 1.61. The van der Waals surface area contributed by atoms with Crippen molar-refractivity contribution in [1.82, 2.24) is 10.2 Å². The quantitative estimate of drug-likeness (QED) is 0.650. The lowest BCUT2D eigenvalue weighted by molar-refractivity contribution is 0.257. The fourth-order valence-corrected chi connectivity index (χ4v) is 2.55. The van der Waals surface area contributed by atoms with Crippen LogP contribution in [0.1, 0.15) is 25.8 Å². The molecule has 21 heavy (non-hydrogen) atoms. The highest BCUT2D eigenvalue weighted by Crippen LogP contribution is 2.37. The first-order valence-electron chi connectivity index (χ1n) is 7.51. The van der Waals surface area contributed by atoms with E-state index in [9.17, 15) is 0 Å². The number of ether oxygens (including phenoxy) is 2. The Bertz CT molecular complexity index is 425. The van der Waals surface area contributed by atoms with Crippen LogP contribution in [0.15, 0.2) is 16.6 Å². The summed E-state index contributed by atoms with van der Waals surface area (Å²) < 4.78 is 12.6. The first-order valence-corrected chi connectivity index (χ1v) is 8.31. The summed E-state index contributed by atoms with van der Waals surface area (Å²) in [6.07, 6.45) is 0.990. The predicted molar refractivity (Wildman–Crippen MR) is 91.4 cm³/mol. The zero-order valence-electron chi connectivity index (χ0n) is 13.5. The zero-order chi connectivity index (χ0) is 15.7. The fraction of sp³-hybridized carbons (Fsp3) is 0.625. The van der Waals surface area contributed by atoms with Crippen LogP contribution in [0.3, 0.4) is 0 Å². The first-order chi connectivity index (χ1) is 10.1. The Morgan fingerprint density at radius 3 is 2.57 bits per heavy atom. The van der Waals surface area contributed by atoms with E-state index in [4.69, 9.17) is 9.47 Å². The molecule has 0 unspecified atom stereocenters. The van der Waals surface area contributed by atoms with E-state index < -0.39 is 0 Å². The monoisotopic (exact) mass is 358 g/mol. The van der Waals surface area contributed by atoms with Crippen LogP contribution in [0.5, 0.6) is 11.5 Å². The summed E-state index contributed by atoms with van der Waals surface area (Å²) in [5, 5.41) is 3.32. The van der Waals surface area contributed by atoms with Crippen LogP contribution in [0, 0.1) is 0 Å². The summed E-state index contributed by atoms with van der Waals surface area (Å²) in [6.45, 7) is 8.19. The maximum Gasteiger partial charge on any atom is 0.175 e. The predicted octanol–water partition coefficient (Wildman–Crippen LogP) is 3.29. The van der Waals surface area contributed by atoms with Crippen molar-refractivity contribution in [2.24, 2.45) is 0 Å². The Morgan fingerprint density at radius 2 is 1.95 bits per heavy atom. The highest BCUT2D eigenvalue weighted by Gasteiger charge is 2.12. The molecule has 0 aliphatic rings. The van der Waals surface area contributed by atoms with E-state index in [2.05, 4.69) is 59.3 Å². The minimum Gasteiger partial charge on any atom is -0.490 e. The van der Waals surface area contributed by atoms with Crippen molar-refractivity contribution in [3.63, 3.8) is 0 Å². The standard InChI is InChI=1S/C16H27BrN2O2/c1-5-18-12-13-10-14(17)16(15(11-13)20-6-2)21-9-7-8-19(3)4/h10-11,18H,5-9,12H2,1-4H3. The topological polar surface area (TPSA) is 33.7 Å². The minimum atomic E-state index is 0.630. The van der Waals surface area contributed by atoms with Crippen molar-refractivity contribution < 1.29 is 9.47 Å². The Morgan fingerprint density at radius 1 is 1.19 bits per heavy atom. The molecule has 0 atom stereocenters. The number of nitrogens with one attached hydrogen (secondary N) is 1. The van der Waals surface area contributed by atoms with Gasteiger partial charge in [0.1, 0.15) is 0 Å². The van der Waals surface area contributed by atoms with E-state index in [1.165, 1.54) is 5.56 Å². The van der Waals surface area contributed by atoms with Gasteiger partial charge in [0.2, 0.25) is 0 Å². The molecule has 1 aromatic rings. The van der Waals surface area contributed by atoms with Gasteiger partial charge >= 0.3 is 0 Å². The van der Waals surface area contributed by atoms with Crippen LogP contribution in [0.25, 0.3) is 0 Å². The fourth-order valence-electron chi connectivity index (χ4n) is 1.95. The van der Waals surface area contributed by atoms with Gasteiger partial charge in [-0.2, -0.15) is 0 Å². The number of hydrogen-bond donors (Lipinski definition) is 1. The van der Waals surface area contributed by atoms with Crippen LogP contribution in [0.2, 0.25) is 0 Å². The van der Waals surface area contributed by atoms with Gasteiger partial charge in [0.05, 0.1) is 17.7 Å². The molecule has 0 amide bonds. The van der Waals surface area contributed by atoms with E-state index >= 15 is 0 Å². The molecule has 0 heterocycles. The zero-order valence-corrected chi connectivity index (χ0v) is 15.1. The van der Waals surface area contributed by atoms with E-state index in [0.717, 1.165) is 42.0 Å². The van der Waals surface area contributed by atoms with Gasteiger partial charge in [-0.25, -0.2) is 0 Å². The number of benzene rings is 1. The van der Waals surface area contributed by atoms with Crippen LogP contribution in [-0.4, -0.2) is 45.3 Å². The summed E-state index contributed by atoms with van der Waals surface area (Å²) in [5.41, 5.74) is 1.19. The van der Waals surface area contributed by atoms with Crippen molar-refractivity contribution >= 4 is 15.9 Å². The van der Waals surface area contributed by atoms with Gasteiger partial charge in [-0.15, -0.1) is 0 Å². The second-order valence-corrected chi connectivity index (χ2v) is 5.98. The molecular weight excluding hydrogens is 332 g/mol. The summed E-state index contributed by atoms with van der Waals surface area (Å²) in [4.78, 5) is 2.15. The lowest BCUT2D eigenvalue weighted by Gasteiger charge is -2.16. The highest BCUT2D eigenvalue weighted by atomic mass is 79.9. The summed E-state index contributed by atoms with van der Waals surface area (Å²) >= 11 is 3.60. The third-order valence-electron chi connectivity index (χ3n) is 2.94. The summed E-state index contributed by atoms with van der Waals surface area (Å²) in [7, 11) is 4.13. The maximum atomic E-state index is 5.91. The third-order valence-corrected chi connectivity index (χ3v) is 3.53. The lowest BCUT2D eigenvalue weighted by atomic mass is 10.2. The smallest absolute Gasteiger partial charge is 0.175 e. The molecule has 1 aromatic carbocycles. The lowest BCUT2D eigenvalue weighted by Crippen LogP contribution is -2.16. The molecule has 0 radical (unpaired) electrons. The van der Waals surface area contributed by atoms with Gasteiger partial charge in [-0.05, 0) is 67.6 Å². The van der Waals surface area contributed by atoms with E-state index in [0.29, 0.717) is 13.2 Å². The second kappa shape index (κ2) is 10.0. The largest absolute Gasteiger partial charge is 0.490 e. The Labute approximate surface area is 136 Å². The Kier molecular flexibility index (Phi) is 8.73. The number of halogens is 1. The molecule has 0 aliphatic heterocycles. The average Bonchev–Trinajstić information content (AvgIpc) is 2.43. The Hall–Kier alpha value is -0.780. The Balaban J connectivity index is 2.75. The molecule has 0 saturated carbocycles. The van der Waals surface area contributed by atoms with Crippen molar-refractivity contribution in [3.8, 4) is 11.5 Å². The molecule has 1 rings (SSSR count). The molecular formula is C16H27BrN2O2. The van der Waals surface area contributed by atoms with Gasteiger partial charge in [0.15, 0.2) is 11.5 Å². The van der Waals surface area contributed by atoms with E-state index in [1.54, 1.807) is 0 Å². The molecule has 0 aromatic heterocycles. The molecule has 1 N–H and O–H groups in total. The van der Waals surface area contributed by atoms with Gasteiger partial charge in [0.25, 0.3) is 0 Å². The minimum absolute atomic E-state index is 0.630. The van der Waals surface area contributed by atoms with Gasteiger partial charge < -0.3 is 19.7 Å². The molecule has 0 spiro atoms. The molecule has 120 valence electrons. The van der Waals surface area contributed by atoms with Gasteiger partial charge in [0, 0.05) is 13.1 Å². The number of rotatable bonds is 10. The van der Waals surface area contributed by atoms with Crippen LogP contribution in [-0.2, 0) is 6.54 Å². The SMILES string of the molecule is CCNCc1cc(Br)c(OCCCN(C)C)c(OCC)c1. The van der Waals surface area contributed by atoms with Crippen molar-refractivity contribution in [3.05, 3.63) is 22.2 Å². The van der Waals surface area contributed by atoms with Crippen LogP contribution < -0.4 is 14.8 Å². The second-order valence-electron chi connectivity index (χ2n) is 5.12. The molecule has 5 heteroatoms. The van der Waals surface area contributed by atoms with Crippen LogP contribution >= 0.6 is 15.9 Å². The van der Waals surface area contributed by atoms with Gasteiger partial charge in [-0.3, -0.25) is 0 Å². The van der Waals surface area contributed by atoms with Gasteiger partial charge in [-0.1, -0.05) is 6.92 Å². The van der Waals surface area contributed by atoms with Crippen molar-refractivity contribution in [1.29, 1.82) is 0 Å². The molecule has 0 saturated heterocycles. The highest BCUT2D eigenvalue weighted by molar-refractivity contribution is 9.10. The molecule has 4 nitrogen and oxygen atoms in total. The maximum absolute atomic E-state index is 5.91. The number of nitrogens with zero attached hydrogens (tertiary/aromatic N) is 1. The van der Waals surface area contributed by atoms with Crippen molar-refractivity contribution in [2.75, 3.05) is 40.4 Å². The number of hydrogen-bond acceptors (Lipinski definition) is 4.